The second-order valence-corrected chi connectivity index (χ2v) is 1.78. The Labute approximate surface area is 95.1 Å². The van der Waals surface area contributed by atoms with Crippen molar-refractivity contribution in [2.45, 2.75) is 0 Å². The van der Waals surface area contributed by atoms with E-state index in [0.29, 0.717) is 0 Å². The molecular formula is CH2Mg2O7Si. The Kier molecular flexibility index (Phi) is 22.4. The zero-order chi connectivity index (χ0) is 8.08. The first-order valence-corrected chi connectivity index (χ1v) is 3.10. The van der Waals surface area contributed by atoms with Gasteiger partial charge in [-0.05, 0) is 0 Å². The summed E-state index contributed by atoms with van der Waals surface area (Å²) in [5.74, 6) is 0. The van der Waals surface area contributed by atoms with Crippen LogP contribution >= 0.6 is 0 Å². The van der Waals surface area contributed by atoms with Gasteiger partial charge in [0.05, 0.1) is 0 Å². The smallest absolute Gasteiger partial charge is 0.894 e. The van der Waals surface area contributed by atoms with Crippen molar-refractivity contribution in [3.8, 4) is 0 Å². The Morgan fingerprint density at radius 2 is 1.00 bits per heavy atom. The number of hydrogen-bond donors (Lipinski definition) is 2. The van der Waals surface area contributed by atoms with Crippen LogP contribution in [0, 0.1) is 0 Å². The fourth-order valence-electron chi connectivity index (χ4n) is 0. The van der Waals surface area contributed by atoms with Crippen LogP contribution in [0.2, 0.25) is 0 Å². The maximum absolute atomic E-state index is 8.58. The van der Waals surface area contributed by atoms with Crippen molar-refractivity contribution in [3.63, 3.8) is 0 Å². The largest absolute Gasteiger partial charge is 2.00 e. The van der Waals surface area contributed by atoms with Crippen LogP contribution in [-0.2, 0) is 0 Å². The normalized spacial score (nSPS) is 7.64. The molecule has 0 unspecified atom stereocenters. The van der Waals surface area contributed by atoms with E-state index in [2.05, 4.69) is 0 Å². The molecule has 7 nitrogen and oxygen atoms in total. The molecule has 0 aromatic rings. The monoisotopic (exact) mass is 202 g/mol. The van der Waals surface area contributed by atoms with Gasteiger partial charge in [0.2, 0.25) is 0 Å². The van der Waals surface area contributed by atoms with Gasteiger partial charge in [-0.2, -0.15) is 0 Å². The van der Waals surface area contributed by atoms with Crippen LogP contribution in [0.15, 0.2) is 0 Å². The Morgan fingerprint density at radius 1 is 1.00 bits per heavy atom. The van der Waals surface area contributed by atoms with Gasteiger partial charge in [0.1, 0.15) is 0 Å². The first kappa shape index (κ1) is 22.6. The van der Waals surface area contributed by atoms with Crippen LogP contribution in [0.1, 0.15) is 0 Å². The van der Waals surface area contributed by atoms with Crippen LogP contribution in [0.3, 0.4) is 0 Å². The molecule has 0 bridgehead atoms. The van der Waals surface area contributed by atoms with E-state index in [0.717, 1.165) is 0 Å². The van der Waals surface area contributed by atoms with Crippen molar-refractivity contribution in [2.75, 3.05) is 0 Å². The molecule has 0 aromatic heterocycles. The zero-order valence-corrected chi connectivity index (χ0v) is 9.18. The average Bonchev–Trinajstić information content (AvgIpc) is 1.19. The number of carbonyl (C=O) groups is 1. The van der Waals surface area contributed by atoms with Gasteiger partial charge in [-0.25, -0.2) is 4.79 Å². The topological polar surface area (TPSA) is 150 Å². The molecule has 0 spiro atoms. The third-order valence-electron chi connectivity index (χ3n) is 0. The number of carboxylic acid groups (broad SMARTS) is 2. The minimum atomic E-state index is -5.61. The second kappa shape index (κ2) is 10.9. The molecule has 0 aliphatic carbocycles. The summed E-state index contributed by atoms with van der Waals surface area (Å²) in [6.07, 6.45) is -1.83. The summed E-state index contributed by atoms with van der Waals surface area (Å²) in [5.41, 5.74) is 0. The van der Waals surface area contributed by atoms with E-state index in [1.165, 1.54) is 0 Å². The fourth-order valence-corrected chi connectivity index (χ4v) is 0. The van der Waals surface area contributed by atoms with E-state index < -0.39 is 15.2 Å². The Balaban J connectivity index is -0.0000000383. The minimum absolute atomic E-state index is 0. The van der Waals surface area contributed by atoms with Crippen LogP contribution in [0.25, 0.3) is 0 Å². The minimum Gasteiger partial charge on any atom is -0.894 e. The molecule has 2 N–H and O–H groups in total. The number of rotatable bonds is 0. The molecule has 11 heavy (non-hydrogen) atoms. The Hall–Kier alpha value is 0.859. The van der Waals surface area contributed by atoms with E-state index >= 15 is 0 Å². The molecular weight excluding hydrogens is 201 g/mol. The van der Waals surface area contributed by atoms with Gasteiger partial charge in [-0.3, -0.25) is 0 Å². The summed E-state index contributed by atoms with van der Waals surface area (Å²) < 4.78 is 0. The van der Waals surface area contributed by atoms with Gasteiger partial charge in [0.15, 0.2) is 0 Å². The van der Waals surface area contributed by atoms with Crippen LogP contribution in [0.4, 0.5) is 4.79 Å². The molecule has 0 fully saturated rings. The summed E-state index contributed by atoms with van der Waals surface area (Å²) in [6.45, 7) is 0. The Morgan fingerprint density at radius 3 is 1.00 bits per heavy atom. The van der Waals surface area contributed by atoms with E-state index in [9.17, 15) is 0 Å². The molecule has 56 valence electrons. The van der Waals surface area contributed by atoms with Crippen LogP contribution in [0.5, 0.6) is 0 Å². The molecule has 0 radical (unpaired) electrons. The summed E-state index contributed by atoms with van der Waals surface area (Å²) in [7, 11) is -5.61. The summed E-state index contributed by atoms with van der Waals surface area (Å²) in [4.78, 5) is 42.9. The van der Waals surface area contributed by atoms with Crippen molar-refractivity contribution in [2.24, 2.45) is 0 Å². The fraction of sp³-hybridized carbons (Fsp3) is 0. The summed E-state index contributed by atoms with van der Waals surface area (Å²) in [6, 6.07) is 0. The molecule has 0 rings (SSSR count). The SMILES string of the molecule is O=C(O)O.[Mg+2].[Mg+2].[O-][Si]([O-])([O-])[O-]. The van der Waals surface area contributed by atoms with Crippen LogP contribution in [-0.4, -0.2) is 71.5 Å². The molecule has 10 heteroatoms. The summed E-state index contributed by atoms with van der Waals surface area (Å²) >= 11 is 0. The van der Waals surface area contributed by atoms with E-state index in [-0.39, 0.29) is 46.1 Å². The van der Waals surface area contributed by atoms with Crippen molar-refractivity contribution in [1.29, 1.82) is 0 Å². The predicted octanol–water partition coefficient (Wildman–Crippen LogP) is -5.68. The van der Waals surface area contributed by atoms with Crippen molar-refractivity contribution < 1.29 is 34.2 Å². The third-order valence-corrected chi connectivity index (χ3v) is 0. The van der Waals surface area contributed by atoms with E-state index in [1.807, 2.05) is 0 Å². The average molecular weight is 203 g/mol. The van der Waals surface area contributed by atoms with Crippen molar-refractivity contribution in [3.05, 3.63) is 0 Å². The van der Waals surface area contributed by atoms with Gasteiger partial charge in [0, 0.05) is 0 Å². The van der Waals surface area contributed by atoms with Gasteiger partial charge in [-0.1, -0.05) is 0 Å². The maximum atomic E-state index is 8.58. The van der Waals surface area contributed by atoms with Crippen LogP contribution < -0.4 is 19.2 Å². The molecule has 0 saturated carbocycles. The van der Waals surface area contributed by atoms with E-state index in [1.54, 1.807) is 0 Å². The molecule has 0 saturated heterocycles. The first-order valence-electron chi connectivity index (χ1n) is 1.47. The van der Waals surface area contributed by atoms with Crippen molar-refractivity contribution in [1.82, 2.24) is 0 Å². The quantitative estimate of drug-likeness (QED) is 0.372. The molecule has 0 amide bonds. The summed E-state index contributed by atoms with van der Waals surface area (Å²) in [5, 5.41) is 13.9. The van der Waals surface area contributed by atoms with Gasteiger partial charge >= 0.3 is 52.3 Å². The zero-order valence-electron chi connectivity index (χ0n) is 5.35. The van der Waals surface area contributed by atoms with Gasteiger partial charge < -0.3 is 38.4 Å². The second-order valence-electron chi connectivity index (χ2n) is 0.783. The van der Waals surface area contributed by atoms with Crippen molar-refractivity contribution >= 4 is 61.3 Å². The standard InChI is InChI=1S/CH2O3.2Mg.O4Si/c2-1(3)4;;;1-5(2,3)4/h(H2,2,3,4);;;/q;2*+2;-4. The van der Waals surface area contributed by atoms with Gasteiger partial charge in [-0.15, -0.1) is 0 Å². The molecule has 0 aliphatic heterocycles. The molecule has 0 aliphatic rings. The first-order chi connectivity index (χ1) is 3.73. The molecule has 0 atom stereocenters. The number of hydrogen-bond acceptors (Lipinski definition) is 5. The van der Waals surface area contributed by atoms with Gasteiger partial charge in [0.25, 0.3) is 0 Å². The third kappa shape index (κ3) is 1150. The molecule has 0 aromatic carbocycles. The van der Waals surface area contributed by atoms with E-state index in [4.69, 9.17) is 34.2 Å². The molecule has 0 heterocycles. The maximum Gasteiger partial charge on any atom is 2.00 e. The Bertz CT molecular complexity index is 78.9. The predicted molar refractivity (Wildman–Crippen MR) is 27.9 cm³/mol.